The number of nitrogens with two attached hydrogens (primary N) is 1. The summed E-state index contributed by atoms with van der Waals surface area (Å²) in [6.07, 6.45) is 2.30. The lowest BCUT2D eigenvalue weighted by molar-refractivity contribution is -0.150. The van der Waals surface area contributed by atoms with Crippen molar-refractivity contribution < 1.29 is 19.4 Å². The fraction of sp³-hybridized carbons (Fsp3) is 0.833. The molecular weight excluding hydrogens is 236 g/mol. The van der Waals surface area contributed by atoms with Gasteiger partial charge in [-0.1, -0.05) is 6.42 Å². The Kier molecular flexibility index (Phi) is 4.19. The summed E-state index contributed by atoms with van der Waals surface area (Å²) in [5.74, 6) is -0.917. The quantitative estimate of drug-likeness (QED) is 0.730. The van der Waals surface area contributed by atoms with Crippen molar-refractivity contribution in [3.63, 3.8) is 0 Å². The third kappa shape index (κ3) is 3.00. The molecule has 1 aliphatic heterocycles. The molecule has 18 heavy (non-hydrogen) atoms. The predicted molar refractivity (Wildman–Crippen MR) is 63.9 cm³/mol. The second-order valence-electron chi connectivity index (χ2n) is 5.08. The van der Waals surface area contributed by atoms with Crippen LogP contribution >= 0.6 is 0 Å². The molecule has 0 spiro atoms. The number of rotatable bonds is 3. The first-order valence-corrected chi connectivity index (χ1v) is 6.45. The summed E-state index contributed by atoms with van der Waals surface area (Å²) < 4.78 is 5.35. The molecule has 1 heterocycles. The van der Waals surface area contributed by atoms with Crippen molar-refractivity contribution in [2.45, 2.75) is 37.8 Å². The molecule has 0 bridgehead atoms. The second kappa shape index (κ2) is 5.67. The van der Waals surface area contributed by atoms with Crippen LogP contribution in [0.3, 0.4) is 0 Å². The molecule has 3 unspecified atom stereocenters. The van der Waals surface area contributed by atoms with Gasteiger partial charge in [-0.2, -0.15) is 0 Å². The lowest BCUT2D eigenvalue weighted by Gasteiger charge is -2.34. The van der Waals surface area contributed by atoms with Gasteiger partial charge in [0, 0.05) is 19.1 Å². The van der Waals surface area contributed by atoms with Crippen LogP contribution in [0.1, 0.15) is 25.7 Å². The van der Waals surface area contributed by atoms with Crippen LogP contribution in [-0.4, -0.2) is 53.7 Å². The molecular formula is C12H20N2O4. The number of hydrogen-bond acceptors (Lipinski definition) is 4. The monoisotopic (exact) mass is 256 g/mol. The Morgan fingerprint density at radius 2 is 2.17 bits per heavy atom. The highest BCUT2D eigenvalue weighted by Gasteiger charge is 2.35. The van der Waals surface area contributed by atoms with Gasteiger partial charge in [-0.25, -0.2) is 0 Å². The molecule has 3 N–H and O–H groups in total. The standard InChI is InChI=1S/C12H20N2O4/c13-10-3-1-2-9(10)12(17)14-4-5-18-8(7-14)6-11(15)16/h8-10H,1-7,13H2,(H,15,16). The molecule has 1 amide bonds. The Morgan fingerprint density at radius 3 is 2.78 bits per heavy atom. The first kappa shape index (κ1) is 13.3. The summed E-state index contributed by atoms with van der Waals surface area (Å²) in [5.41, 5.74) is 5.93. The summed E-state index contributed by atoms with van der Waals surface area (Å²) in [6, 6.07) is -0.0433. The van der Waals surface area contributed by atoms with Crippen LogP contribution in [0.5, 0.6) is 0 Å². The van der Waals surface area contributed by atoms with Crippen molar-refractivity contribution in [3.05, 3.63) is 0 Å². The smallest absolute Gasteiger partial charge is 0.306 e. The number of amides is 1. The van der Waals surface area contributed by atoms with E-state index in [1.54, 1.807) is 4.90 Å². The second-order valence-corrected chi connectivity index (χ2v) is 5.08. The highest BCUT2D eigenvalue weighted by atomic mass is 16.5. The molecule has 0 aromatic heterocycles. The number of carboxylic acid groups (broad SMARTS) is 1. The number of nitrogens with zero attached hydrogens (tertiary/aromatic N) is 1. The average Bonchev–Trinajstić information content (AvgIpc) is 2.74. The number of morpholine rings is 1. The molecule has 1 saturated carbocycles. The zero-order valence-electron chi connectivity index (χ0n) is 10.4. The Bertz CT molecular complexity index is 334. The molecule has 1 saturated heterocycles. The summed E-state index contributed by atoms with van der Waals surface area (Å²) in [5, 5.41) is 8.74. The number of carbonyl (C=O) groups is 2. The van der Waals surface area contributed by atoms with Crippen LogP contribution in [0.25, 0.3) is 0 Å². The summed E-state index contributed by atoms with van der Waals surface area (Å²) in [7, 11) is 0. The molecule has 1 aliphatic carbocycles. The van der Waals surface area contributed by atoms with Gasteiger partial charge in [-0.15, -0.1) is 0 Å². The van der Waals surface area contributed by atoms with E-state index in [9.17, 15) is 9.59 Å². The maximum Gasteiger partial charge on any atom is 0.306 e. The van der Waals surface area contributed by atoms with Crippen molar-refractivity contribution >= 4 is 11.9 Å². The fourth-order valence-corrected chi connectivity index (χ4v) is 2.77. The van der Waals surface area contributed by atoms with E-state index in [1.807, 2.05) is 0 Å². The zero-order valence-corrected chi connectivity index (χ0v) is 10.4. The van der Waals surface area contributed by atoms with E-state index in [0.29, 0.717) is 19.7 Å². The SMILES string of the molecule is NC1CCCC1C(=O)N1CCOC(CC(=O)O)C1. The van der Waals surface area contributed by atoms with Crippen LogP contribution in [0, 0.1) is 5.92 Å². The Balaban J connectivity index is 1.91. The molecule has 0 aromatic carbocycles. The number of aliphatic carboxylic acids is 1. The summed E-state index contributed by atoms with van der Waals surface area (Å²) >= 11 is 0. The molecule has 2 rings (SSSR count). The van der Waals surface area contributed by atoms with E-state index in [1.165, 1.54) is 0 Å². The maximum atomic E-state index is 12.3. The predicted octanol–water partition coefficient (Wildman–Crippen LogP) is -0.184. The summed E-state index contributed by atoms with van der Waals surface area (Å²) in [6.45, 7) is 1.32. The van der Waals surface area contributed by atoms with Crippen LogP contribution in [-0.2, 0) is 14.3 Å². The first-order chi connectivity index (χ1) is 8.58. The van der Waals surface area contributed by atoms with Crippen molar-refractivity contribution in [2.24, 2.45) is 11.7 Å². The molecule has 0 aromatic rings. The molecule has 102 valence electrons. The van der Waals surface area contributed by atoms with Crippen molar-refractivity contribution in [2.75, 3.05) is 19.7 Å². The summed E-state index contributed by atoms with van der Waals surface area (Å²) in [4.78, 5) is 24.6. The zero-order chi connectivity index (χ0) is 13.1. The molecule has 6 heteroatoms. The van der Waals surface area contributed by atoms with Crippen LogP contribution in [0.15, 0.2) is 0 Å². The average molecular weight is 256 g/mol. The van der Waals surface area contributed by atoms with Crippen molar-refractivity contribution in [3.8, 4) is 0 Å². The Labute approximate surface area is 106 Å². The minimum Gasteiger partial charge on any atom is -0.481 e. The van der Waals surface area contributed by atoms with E-state index >= 15 is 0 Å². The van der Waals surface area contributed by atoms with E-state index in [4.69, 9.17) is 15.6 Å². The molecule has 2 fully saturated rings. The topological polar surface area (TPSA) is 92.9 Å². The van der Waals surface area contributed by atoms with Gasteiger partial charge < -0.3 is 20.5 Å². The van der Waals surface area contributed by atoms with Gasteiger partial charge >= 0.3 is 5.97 Å². The van der Waals surface area contributed by atoms with Crippen LogP contribution < -0.4 is 5.73 Å². The molecule has 3 atom stereocenters. The van der Waals surface area contributed by atoms with Gasteiger partial charge in [0.25, 0.3) is 0 Å². The Hall–Kier alpha value is -1.14. The largest absolute Gasteiger partial charge is 0.481 e. The van der Waals surface area contributed by atoms with Crippen LogP contribution in [0.2, 0.25) is 0 Å². The van der Waals surface area contributed by atoms with E-state index in [-0.39, 0.29) is 24.3 Å². The fourth-order valence-electron chi connectivity index (χ4n) is 2.77. The Morgan fingerprint density at radius 1 is 1.39 bits per heavy atom. The number of carbonyl (C=O) groups excluding carboxylic acids is 1. The lowest BCUT2D eigenvalue weighted by Crippen LogP contribution is -2.50. The van der Waals surface area contributed by atoms with Gasteiger partial charge in [0.2, 0.25) is 5.91 Å². The van der Waals surface area contributed by atoms with Gasteiger partial charge in [0.05, 0.1) is 25.0 Å². The molecule has 0 radical (unpaired) electrons. The van der Waals surface area contributed by atoms with E-state index in [2.05, 4.69) is 0 Å². The molecule has 6 nitrogen and oxygen atoms in total. The highest BCUT2D eigenvalue weighted by Crippen LogP contribution is 2.26. The van der Waals surface area contributed by atoms with Gasteiger partial charge in [0.1, 0.15) is 0 Å². The van der Waals surface area contributed by atoms with Gasteiger partial charge in [-0.3, -0.25) is 9.59 Å². The number of ether oxygens (including phenoxy) is 1. The number of carboxylic acids is 1. The minimum absolute atomic E-state index is 0.0433. The maximum absolute atomic E-state index is 12.3. The van der Waals surface area contributed by atoms with Crippen molar-refractivity contribution in [1.82, 2.24) is 4.90 Å². The normalized spacial score (nSPS) is 32.5. The third-order valence-corrected chi connectivity index (χ3v) is 3.74. The van der Waals surface area contributed by atoms with E-state index < -0.39 is 12.1 Å². The van der Waals surface area contributed by atoms with Crippen molar-refractivity contribution in [1.29, 1.82) is 0 Å². The molecule has 2 aliphatic rings. The van der Waals surface area contributed by atoms with E-state index in [0.717, 1.165) is 19.3 Å². The number of hydrogen-bond donors (Lipinski definition) is 2. The first-order valence-electron chi connectivity index (χ1n) is 6.45. The van der Waals surface area contributed by atoms with Gasteiger partial charge in [0.15, 0.2) is 0 Å². The van der Waals surface area contributed by atoms with Gasteiger partial charge in [-0.05, 0) is 12.8 Å². The van der Waals surface area contributed by atoms with Crippen LogP contribution in [0.4, 0.5) is 0 Å². The minimum atomic E-state index is -0.896. The third-order valence-electron chi connectivity index (χ3n) is 3.74. The highest BCUT2D eigenvalue weighted by molar-refractivity contribution is 5.80. The lowest BCUT2D eigenvalue weighted by atomic mass is 10.0.